The van der Waals surface area contributed by atoms with Crippen molar-refractivity contribution in [2.24, 2.45) is 0 Å². The molecule has 1 unspecified atom stereocenters. The van der Waals surface area contributed by atoms with Crippen molar-refractivity contribution in [2.45, 2.75) is 45.5 Å². The van der Waals surface area contributed by atoms with Crippen LogP contribution in [0.25, 0.3) is 0 Å². The molecular weight excluding hydrogens is 432 g/mol. The quantitative estimate of drug-likeness (QED) is 0.611. The number of para-hydroxylation sites is 1. The number of ether oxygens (including phenoxy) is 2. The molecule has 2 aromatic carbocycles. The molecule has 8 nitrogen and oxygen atoms in total. The Morgan fingerprint density at radius 1 is 1.18 bits per heavy atom. The minimum atomic E-state index is -0.521. The minimum absolute atomic E-state index is 0.0457. The molecule has 1 N–H and O–H groups in total. The number of rotatable bonds is 6. The molecule has 2 aliphatic rings. The van der Waals surface area contributed by atoms with Crippen LogP contribution in [0.4, 0.5) is 0 Å². The lowest BCUT2D eigenvalue weighted by Gasteiger charge is -2.29. The fourth-order valence-electron chi connectivity index (χ4n) is 4.66. The zero-order chi connectivity index (χ0) is 23.7. The van der Waals surface area contributed by atoms with Crippen LogP contribution >= 0.6 is 0 Å². The second-order valence-corrected chi connectivity index (χ2v) is 8.55. The average Bonchev–Trinajstić information content (AvgIpc) is 3.48. The van der Waals surface area contributed by atoms with E-state index in [1.165, 1.54) is 0 Å². The zero-order valence-corrected chi connectivity index (χ0v) is 19.4. The lowest BCUT2D eigenvalue weighted by molar-refractivity contribution is -0.138. The van der Waals surface area contributed by atoms with Gasteiger partial charge in [-0.3, -0.25) is 14.3 Å². The number of nitrogens with one attached hydrogen (secondary N) is 1. The molecule has 0 bridgehead atoms. The molecule has 34 heavy (non-hydrogen) atoms. The highest BCUT2D eigenvalue weighted by Gasteiger charge is 2.36. The molecule has 176 valence electrons. The van der Waals surface area contributed by atoms with Crippen molar-refractivity contribution in [3.05, 3.63) is 76.6 Å². The van der Waals surface area contributed by atoms with Gasteiger partial charge in [0.1, 0.15) is 11.5 Å². The van der Waals surface area contributed by atoms with E-state index in [9.17, 15) is 9.59 Å². The van der Waals surface area contributed by atoms with Crippen molar-refractivity contribution in [2.75, 3.05) is 13.7 Å². The lowest BCUT2D eigenvalue weighted by Crippen LogP contribution is -2.44. The Hall–Kier alpha value is -3.81. The molecular formula is C26H28N4O4. The number of fused-ring (bicyclic) bond motifs is 2. The highest BCUT2D eigenvalue weighted by atomic mass is 16.5. The predicted molar refractivity (Wildman–Crippen MR) is 126 cm³/mol. The molecule has 0 fully saturated rings. The van der Waals surface area contributed by atoms with Gasteiger partial charge < -0.3 is 19.7 Å². The fraction of sp³-hybridized carbons (Fsp3) is 0.346. The van der Waals surface area contributed by atoms with Gasteiger partial charge in [-0.1, -0.05) is 30.3 Å². The number of methoxy groups -OCH3 is 1. The molecule has 3 heterocycles. The number of aromatic nitrogens is 2. The number of hydrogen-bond donors (Lipinski definition) is 1. The van der Waals surface area contributed by atoms with E-state index in [1.807, 2.05) is 60.1 Å². The van der Waals surface area contributed by atoms with Gasteiger partial charge in [0.05, 0.1) is 7.11 Å². The highest BCUT2D eigenvalue weighted by Crippen LogP contribution is 2.30. The molecule has 0 radical (unpaired) electrons. The second kappa shape index (κ2) is 9.21. The largest absolute Gasteiger partial charge is 0.497 e. The molecule has 2 amide bonds. The lowest BCUT2D eigenvalue weighted by atomic mass is 10.0. The Morgan fingerprint density at radius 3 is 2.71 bits per heavy atom. The number of benzene rings is 2. The monoisotopic (exact) mass is 460 g/mol. The molecule has 5 rings (SSSR count). The Bertz CT molecular complexity index is 1190. The van der Waals surface area contributed by atoms with Crippen LogP contribution in [0.3, 0.4) is 0 Å². The van der Waals surface area contributed by atoms with Crippen molar-refractivity contribution in [3.63, 3.8) is 0 Å². The van der Waals surface area contributed by atoms with Gasteiger partial charge in [0.15, 0.2) is 11.8 Å². The second-order valence-electron chi connectivity index (χ2n) is 8.55. The van der Waals surface area contributed by atoms with E-state index in [4.69, 9.17) is 9.47 Å². The van der Waals surface area contributed by atoms with Crippen molar-refractivity contribution < 1.29 is 19.1 Å². The van der Waals surface area contributed by atoms with Crippen LogP contribution in [0.1, 0.15) is 39.8 Å². The van der Waals surface area contributed by atoms with Crippen LogP contribution in [0, 0.1) is 0 Å². The summed E-state index contributed by atoms with van der Waals surface area (Å²) in [6.07, 6.45) is 0.710. The van der Waals surface area contributed by atoms with Gasteiger partial charge in [0.2, 0.25) is 0 Å². The number of hydrogen-bond acceptors (Lipinski definition) is 5. The summed E-state index contributed by atoms with van der Waals surface area (Å²) in [5, 5.41) is 7.56. The standard InChI is InChI=1S/C26H28N4O4/c1-3-30-21-12-13-29(26(32)23-14-18-6-4-5-7-22(18)34-23)16-20(21)24(28-30)25(31)27-15-17-8-10-19(33-2)11-9-17/h4-11,23H,3,12-16H2,1-2H3,(H,27,31). The van der Waals surface area contributed by atoms with Gasteiger partial charge in [-0.15, -0.1) is 0 Å². The molecule has 8 heteroatoms. The molecule has 3 aromatic rings. The van der Waals surface area contributed by atoms with Crippen molar-refractivity contribution >= 4 is 11.8 Å². The van der Waals surface area contributed by atoms with Crippen molar-refractivity contribution in [3.8, 4) is 11.5 Å². The van der Waals surface area contributed by atoms with Crippen LogP contribution in [-0.2, 0) is 37.3 Å². The minimum Gasteiger partial charge on any atom is -0.497 e. The number of carbonyl (C=O) groups excluding carboxylic acids is 2. The summed E-state index contributed by atoms with van der Waals surface area (Å²) in [6.45, 7) is 4.00. The van der Waals surface area contributed by atoms with Gasteiger partial charge in [-0.05, 0) is 36.2 Å². The number of amides is 2. The third kappa shape index (κ3) is 4.11. The van der Waals surface area contributed by atoms with Crippen LogP contribution in [0.15, 0.2) is 48.5 Å². The number of nitrogens with zero attached hydrogens (tertiary/aromatic N) is 3. The van der Waals surface area contributed by atoms with Crippen molar-refractivity contribution in [1.82, 2.24) is 20.0 Å². The predicted octanol–water partition coefficient (Wildman–Crippen LogP) is 2.73. The van der Waals surface area contributed by atoms with E-state index in [1.54, 1.807) is 12.0 Å². The summed E-state index contributed by atoms with van der Waals surface area (Å²) < 4.78 is 13.0. The smallest absolute Gasteiger partial charge is 0.272 e. The molecule has 1 atom stereocenters. The van der Waals surface area contributed by atoms with E-state index in [-0.39, 0.29) is 11.8 Å². The van der Waals surface area contributed by atoms with Crippen molar-refractivity contribution in [1.29, 1.82) is 0 Å². The number of aryl methyl sites for hydroxylation is 1. The summed E-state index contributed by atoms with van der Waals surface area (Å²) in [5.41, 5.74) is 4.25. The third-order valence-electron chi connectivity index (χ3n) is 6.49. The third-order valence-corrected chi connectivity index (χ3v) is 6.49. The molecule has 0 aliphatic carbocycles. The molecule has 0 spiro atoms. The Labute approximate surface area is 198 Å². The maximum atomic E-state index is 13.3. The van der Waals surface area contributed by atoms with Crippen LogP contribution in [-0.4, -0.2) is 46.3 Å². The molecule has 1 aromatic heterocycles. The van der Waals surface area contributed by atoms with E-state index in [2.05, 4.69) is 10.4 Å². The first-order valence-corrected chi connectivity index (χ1v) is 11.6. The topological polar surface area (TPSA) is 85.7 Å². The average molecular weight is 461 g/mol. The van der Waals surface area contributed by atoms with Gasteiger partial charge in [-0.25, -0.2) is 0 Å². The summed E-state index contributed by atoms with van der Waals surface area (Å²) >= 11 is 0. The maximum Gasteiger partial charge on any atom is 0.272 e. The van der Waals surface area contributed by atoms with Crippen LogP contribution < -0.4 is 14.8 Å². The normalized spacial score (nSPS) is 16.4. The maximum absolute atomic E-state index is 13.3. The highest BCUT2D eigenvalue weighted by molar-refractivity contribution is 5.94. The number of carbonyl (C=O) groups is 2. The first-order chi connectivity index (χ1) is 16.6. The Kier molecular flexibility index (Phi) is 5.96. The summed E-state index contributed by atoms with van der Waals surface area (Å²) in [6, 6.07) is 15.3. The van der Waals surface area contributed by atoms with Crippen LogP contribution in [0.2, 0.25) is 0 Å². The zero-order valence-electron chi connectivity index (χ0n) is 19.4. The summed E-state index contributed by atoms with van der Waals surface area (Å²) in [4.78, 5) is 28.1. The van der Waals surface area contributed by atoms with E-state index in [0.29, 0.717) is 44.7 Å². The Morgan fingerprint density at radius 2 is 1.97 bits per heavy atom. The molecule has 0 saturated carbocycles. The van der Waals surface area contributed by atoms with Gasteiger partial charge in [-0.2, -0.15) is 5.10 Å². The van der Waals surface area contributed by atoms with Gasteiger partial charge in [0, 0.05) is 50.3 Å². The van der Waals surface area contributed by atoms with Gasteiger partial charge >= 0.3 is 0 Å². The first-order valence-electron chi connectivity index (χ1n) is 11.6. The van der Waals surface area contributed by atoms with E-state index < -0.39 is 6.10 Å². The summed E-state index contributed by atoms with van der Waals surface area (Å²) in [7, 11) is 1.62. The van der Waals surface area contributed by atoms with E-state index in [0.717, 1.165) is 33.9 Å². The first kappa shape index (κ1) is 22.0. The molecule has 0 saturated heterocycles. The Balaban J connectivity index is 1.30. The van der Waals surface area contributed by atoms with Crippen LogP contribution in [0.5, 0.6) is 11.5 Å². The fourth-order valence-corrected chi connectivity index (χ4v) is 4.66. The molecule has 2 aliphatic heterocycles. The van der Waals surface area contributed by atoms with E-state index >= 15 is 0 Å². The SMILES string of the molecule is CCn1nc(C(=O)NCc2ccc(OC)cc2)c2c1CCN(C(=O)C1Cc3ccccc3O1)C2. The summed E-state index contributed by atoms with van der Waals surface area (Å²) in [5.74, 6) is 1.26. The van der Waals surface area contributed by atoms with Gasteiger partial charge in [0.25, 0.3) is 11.8 Å².